The lowest BCUT2D eigenvalue weighted by atomic mass is 10.0. The van der Waals surface area contributed by atoms with E-state index in [4.69, 9.17) is 5.73 Å². The van der Waals surface area contributed by atoms with Gasteiger partial charge in [0, 0.05) is 0 Å². The molecule has 0 saturated heterocycles. The van der Waals surface area contributed by atoms with Crippen molar-refractivity contribution >= 4 is 0 Å². The highest BCUT2D eigenvalue weighted by Crippen LogP contribution is 2.29. The first kappa shape index (κ1) is 7.03. The van der Waals surface area contributed by atoms with E-state index < -0.39 is 0 Å². The first-order chi connectivity index (χ1) is 4.25. The average molecular weight is 129 g/mol. The Morgan fingerprint density at radius 3 is 2.44 bits per heavy atom. The summed E-state index contributed by atoms with van der Waals surface area (Å²) in [6.07, 6.45) is 2.12. The molecule has 0 aromatic rings. The number of aliphatic hydroxyl groups excluding tert-OH is 1. The number of rotatable bonds is 1. The molecule has 0 aliphatic heterocycles. The van der Waals surface area contributed by atoms with Crippen molar-refractivity contribution in [3.05, 3.63) is 0 Å². The van der Waals surface area contributed by atoms with Gasteiger partial charge in [-0.2, -0.15) is 0 Å². The first-order valence-corrected chi connectivity index (χ1v) is 3.64. The van der Waals surface area contributed by atoms with Gasteiger partial charge < -0.3 is 10.8 Å². The van der Waals surface area contributed by atoms with Gasteiger partial charge in [-0.1, -0.05) is 6.92 Å². The molecule has 1 fully saturated rings. The second-order valence-electron chi connectivity index (χ2n) is 3.04. The van der Waals surface area contributed by atoms with Crippen LogP contribution in [0, 0.1) is 11.8 Å². The molecule has 0 bridgehead atoms. The van der Waals surface area contributed by atoms with Gasteiger partial charge in [0.1, 0.15) is 0 Å². The third-order valence-electron chi connectivity index (χ3n) is 2.36. The van der Waals surface area contributed by atoms with Crippen LogP contribution in [0.4, 0.5) is 0 Å². The standard InChI is InChI=1S/C7H15NO/c1-5-2-3-6(4-8)7(5)9/h5-7,9H,2-4,8H2,1H3. The van der Waals surface area contributed by atoms with E-state index in [2.05, 4.69) is 6.92 Å². The predicted octanol–water partition coefficient (Wildman–Crippen LogP) is 0.352. The molecule has 0 radical (unpaired) electrons. The van der Waals surface area contributed by atoms with Crippen LogP contribution < -0.4 is 5.73 Å². The lowest BCUT2D eigenvalue weighted by Crippen LogP contribution is -2.25. The molecule has 0 aromatic heterocycles. The maximum Gasteiger partial charge on any atom is 0.0605 e. The Morgan fingerprint density at radius 2 is 2.22 bits per heavy atom. The monoisotopic (exact) mass is 129 g/mol. The SMILES string of the molecule is CC1CCC(CN)C1O. The smallest absolute Gasteiger partial charge is 0.0605 e. The minimum Gasteiger partial charge on any atom is -0.393 e. The zero-order valence-electron chi connectivity index (χ0n) is 5.88. The van der Waals surface area contributed by atoms with E-state index in [0.717, 1.165) is 12.8 Å². The summed E-state index contributed by atoms with van der Waals surface area (Å²) >= 11 is 0. The van der Waals surface area contributed by atoms with Gasteiger partial charge >= 0.3 is 0 Å². The zero-order chi connectivity index (χ0) is 6.85. The van der Waals surface area contributed by atoms with Gasteiger partial charge in [-0.15, -0.1) is 0 Å². The summed E-state index contributed by atoms with van der Waals surface area (Å²) in [4.78, 5) is 0. The molecule has 0 spiro atoms. The lowest BCUT2D eigenvalue weighted by Gasteiger charge is -2.13. The second-order valence-corrected chi connectivity index (χ2v) is 3.04. The molecule has 0 heterocycles. The Kier molecular flexibility index (Phi) is 2.09. The summed E-state index contributed by atoms with van der Waals surface area (Å²) in [6.45, 7) is 2.73. The van der Waals surface area contributed by atoms with Gasteiger partial charge in [0.15, 0.2) is 0 Å². The van der Waals surface area contributed by atoms with E-state index in [0.29, 0.717) is 18.4 Å². The third kappa shape index (κ3) is 1.25. The molecule has 0 aromatic carbocycles. The minimum absolute atomic E-state index is 0.130. The van der Waals surface area contributed by atoms with Crippen LogP contribution in [0.25, 0.3) is 0 Å². The summed E-state index contributed by atoms with van der Waals surface area (Å²) in [7, 11) is 0. The molecule has 3 unspecified atom stereocenters. The second kappa shape index (κ2) is 2.67. The van der Waals surface area contributed by atoms with Crippen molar-refractivity contribution in [1.82, 2.24) is 0 Å². The summed E-state index contributed by atoms with van der Waals surface area (Å²) in [5.41, 5.74) is 5.43. The van der Waals surface area contributed by atoms with Gasteiger partial charge in [-0.25, -0.2) is 0 Å². The van der Waals surface area contributed by atoms with Crippen molar-refractivity contribution in [2.24, 2.45) is 17.6 Å². The molecule has 1 saturated carbocycles. The Balaban J connectivity index is 2.41. The Hall–Kier alpha value is -0.0800. The average Bonchev–Trinajstić information content (AvgIpc) is 2.15. The van der Waals surface area contributed by atoms with Crippen LogP contribution in [-0.4, -0.2) is 17.8 Å². The predicted molar refractivity (Wildman–Crippen MR) is 36.9 cm³/mol. The van der Waals surface area contributed by atoms with Crippen LogP contribution in [0.2, 0.25) is 0 Å². The molecule has 3 atom stereocenters. The van der Waals surface area contributed by atoms with Crippen LogP contribution in [0.15, 0.2) is 0 Å². The van der Waals surface area contributed by atoms with Crippen LogP contribution in [0.5, 0.6) is 0 Å². The maximum absolute atomic E-state index is 9.38. The molecular formula is C7H15NO. The minimum atomic E-state index is -0.130. The highest BCUT2D eigenvalue weighted by molar-refractivity contribution is 4.82. The number of aliphatic hydroxyl groups is 1. The molecule has 0 amide bonds. The Bertz CT molecular complexity index is 94.9. The van der Waals surface area contributed by atoms with Gasteiger partial charge in [0.2, 0.25) is 0 Å². The highest BCUT2D eigenvalue weighted by Gasteiger charge is 2.29. The highest BCUT2D eigenvalue weighted by atomic mass is 16.3. The van der Waals surface area contributed by atoms with Crippen molar-refractivity contribution in [2.45, 2.75) is 25.9 Å². The number of hydrogen-bond acceptors (Lipinski definition) is 2. The molecule has 1 aliphatic rings. The molecular weight excluding hydrogens is 114 g/mol. The summed E-state index contributed by atoms with van der Waals surface area (Å²) < 4.78 is 0. The summed E-state index contributed by atoms with van der Waals surface area (Å²) in [6, 6.07) is 0. The van der Waals surface area contributed by atoms with Crippen molar-refractivity contribution in [3.63, 3.8) is 0 Å². The first-order valence-electron chi connectivity index (χ1n) is 3.64. The van der Waals surface area contributed by atoms with Crippen LogP contribution in [-0.2, 0) is 0 Å². The quantitative estimate of drug-likeness (QED) is 0.536. The van der Waals surface area contributed by atoms with Crippen molar-refractivity contribution in [1.29, 1.82) is 0 Å². The van der Waals surface area contributed by atoms with E-state index in [9.17, 15) is 5.11 Å². The van der Waals surface area contributed by atoms with E-state index in [1.165, 1.54) is 0 Å². The van der Waals surface area contributed by atoms with E-state index >= 15 is 0 Å². The molecule has 54 valence electrons. The Labute approximate surface area is 56.1 Å². The normalized spacial score (nSPS) is 43.7. The van der Waals surface area contributed by atoms with E-state index in [1.54, 1.807) is 0 Å². The van der Waals surface area contributed by atoms with Gasteiger partial charge in [0.25, 0.3) is 0 Å². The largest absolute Gasteiger partial charge is 0.393 e. The molecule has 1 aliphatic carbocycles. The summed E-state index contributed by atoms with van der Waals surface area (Å²) in [5.74, 6) is 0.846. The molecule has 3 N–H and O–H groups in total. The van der Waals surface area contributed by atoms with E-state index in [-0.39, 0.29) is 6.10 Å². The van der Waals surface area contributed by atoms with Crippen molar-refractivity contribution in [3.8, 4) is 0 Å². The fourth-order valence-electron chi connectivity index (χ4n) is 1.54. The number of nitrogens with two attached hydrogens (primary N) is 1. The topological polar surface area (TPSA) is 46.2 Å². The van der Waals surface area contributed by atoms with Gasteiger partial charge in [-0.05, 0) is 31.2 Å². The van der Waals surface area contributed by atoms with E-state index in [1.807, 2.05) is 0 Å². The van der Waals surface area contributed by atoms with Crippen LogP contribution in [0.3, 0.4) is 0 Å². The third-order valence-corrected chi connectivity index (χ3v) is 2.36. The van der Waals surface area contributed by atoms with Gasteiger partial charge in [0.05, 0.1) is 6.10 Å². The van der Waals surface area contributed by atoms with Crippen LogP contribution in [0.1, 0.15) is 19.8 Å². The Morgan fingerprint density at radius 1 is 1.56 bits per heavy atom. The van der Waals surface area contributed by atoms with Crippen molar-refractivity contribution < 1.29 is 5.11 Å². The zero-order valence-corrected chi connectivity index (χ0v) is 5.88. The maximum atomic E-state index is 9.38. The van der Waals surface area contributed by atoms with Crippen molar-refractivity contribution in [2.75, 3.05) is 6.54 Å². The van der Waals surface area contributed by atoms with Crippen LogP contribution >= 0.6 is 0 Å². The number of hydrogen-bond donors (Lipinski definition) is 2. The van der Waals surface area contributed by atoms with Gasteiger partial charge in [-0.3, -0.25) is 0 Å². The molecule has 2 heteroatoms. The fraction of sp³-hybridized carbons (Fsp3) is 1.00. The fourth-order valence-corrected chi connectivity index (χ4v) is 1.54. The molecule has 9 heavy (non-hydrogen) atoms. The lowest BCUT2D eigenvalue weighted by molar-refractivity contribution is 0.101. The summed E-state index contributed by atoms with van der Waals surface area (Å²) in [5, 5.41) is 9.38. The molecule has 1 rings (SSSR count). The molecule has 2 nitrogen and oxygen atoms in total.